The minimum atomic E-state index is -0.109. The molecule has 5 nitrogen and oxygen atoms in total. The zero-order valence-electron chi connectivity index (χ0n) is 13.5. The van der Waals surface area contributed by atoms with Crippen molar-refractivity contribution in [1.29, 1.82) is 0 Å². The monoisotopic (exact) mass is 293 g/mol. The van der Waals surface area contributed by atoms with E-state index in [4.69, 9.17) is 4.74 Å². The summed E-state index contributed by atoms with van der Waals surface area (Å²) in [6, 6.07) is 1.93. The summed E-state index contributed by atoms with van der Waals surface area (Å²) in [5, 5.41) is 10.1. The van der Waals surface area contributed by atoms with Gasteiger partial charge < -0.3 is 10.1 Å². The molecule has 1 aromatic rings. The van der Waals surface area contributed by atoms with Crippen LogP contribution in [0.2, 0.25) is 0 Å². The van der Waals surface area contributed by atoms with Crippen LogP contribution in [0.5, 0.6) is 0 Å². The Labute approximate surface area is 126 Å². The number of H-pyrrole nitrogens is 1. The highest BCUT2D eigenvalue weighted by Gasteiger charge is 2.28. The molecule has 5 heteroatoms. The number of amides is 1. The van der Waals surface area contributed by atoms with Crippen LogP contribution in [0.3, 0.4) is 0 Å². The molecular formula is C16H27N3O2. The average Bonchev–Trinajstić information content (AvgIpc) is 2.90. The van der Waals surface area contributed by atoms with Crippen molar-refractivity contribution in [3.05, 3.63) is 17.5 Å². The van der Waals surface area contributed by atoms with Crippen molar-refractivity contribution < 1.29 is 9.53 Å². The molecule has 1 saturated heterocycles. The molecule has 0 spiro atoms. The molecule has 2 rings (SSSR count). The van der Waals surface area contributed by atoms with E-state index < -0.39 is 0 Å². The van der Waals surface area contributed by atoms with E-state index in [0.29, 0.717) is 17.5 Å². The fourth-order valence-electron chi connectivity index (χ4n) is 2.69. The van der Waals surface area contributed by atoms with E-state index in [1.807, 2.05) is 6.07 Å². The van der Waals surface area contributed by atoms with Crippen molar-refractivity contribution in [3.8, 4) is 0 Å². The summed E-state index contributed by atoms with van der Waals surface area (Å²) in [5.74, 6) is 0.790. The van der Waals surface area contributed by atoms with E-state index in [1.165, 1.54) is 0 Å². The lowest BCUT2D eigenvalue weighted by Gasteiger charge is -2.33. The Bertz CT molecular complexity index is 468. The number of carbonyl (C=O) groups is 1. The van der Waals surface area contributed by atoms with Gasteiger partial charge in [0, 0.05) is 12.3 Å². The van der Waals surface area contributed by atoms with Crippen LogP contribution in [-0.4, -0.2) is 34.9 Å². The molecule has 2 N–H and O–H groups in total. The Kier molecular flexibility index (Phi) is 5.39. The van der Waals surface area contributed by atoms with Crippen molar-refractivity contribution in [1.82, 2.24) is 15.5 Å². The number of aromatic amines is 1. The number of aromatic nitrogens is 2. The largest absolute Gasteiger partial charge is 0.376 e. The molecule has 0 saturated carbocycles. The Balaban J connectivity index is 1.98. The third-order valence-electron chi connectivity index (χ3n) is 3.91. The second-order valence-corrected chi connectivity index (χ2v) is 6.62. The Hall–Kier alpha value is -1.36. The quantitative estimate of drug-likeness (QED) is 0.877. The van der Waals surface area contributed by atoms with Crippen LogP contribution in [0.1, 0.15) is 69.1 Å². The Morgan fingerprint density at radius 1 is 1.48 bits per heavy atom. The topological polar surface area (TPSA) is 67.0 Å². The predicted octanol–water partition coefficient (Wildman–Crippen LogP) is 2.86. The number of carbonyl (C=O) groups excluding carboxylic acids is 1. The van der Waals surface area contributed by atoms with Crippen LogP contribution >= 0.6 is 0 Å². The SMILES string of the molecule is CC(C)C[C@H]1OCCC[C@H]1NC(=O)c1cc(C(C)C)[nH]n1. The first-order chi connectivity index (χ1) is 9.97. The summed E-state index contributed by atoms with van der Waals surface area (Å²) >= 11 is 0. The molecule has 0 aromatic carbocycles. The maximum Gasteiger partial charge on any atom is 0.272 e. The van der Waals surface area contributed by atoms with Crippen LogP contribution < -0.4 is 5.32 Å². The zero-order valence-corrected chi connectivity index (χ0v) is 13.5. The van der Waals surface area contributed by atoms with Crippen LogP contribution in [0.4, 0.5) is 0 Å². The summed E-state index contributed by atoms with van der Waals surface area (Å²) in [6.07, 6.45) is 3.07. The standard InChI is InChI=1S/C16H27N3O2/c1-10(2)8-15-12(6-5-7-21-15)17-16(20)14-9-13(11(3)4)18-19-14/h9-12,15H,5-8H2,1-4H3,(H,17,20)(H,18,19)/t12-,15-/m1/s1. The molecular weight excluding hydrogens is 266 g/mol. The number of ether oxygens (including phenoxy) is 1. The van der Waals surface area contributed by atoms with Gasteiger partial charge in [0.1, 0.15) is 5.69 Å². The number of nitrogens with zero attached hydrogens (tertiary/aromatic N) is 1. The molecule has 2 heterocycles. The molecule has 118 valence electrons. The molecule has 0 unspecified atom stereocenters. The van der Waals surface area contributed by atoms with Gasteiger partial charge in [-0.1, -0.05) is 27.7 Å². The molecule has 21 heavy (non-hydrogen) atoms. The van der Waals surface area contributed by atoms with E-state index in [0.717, 1.165) is 31.6 Å². The first kappa shape index (κ1) is 16.0. The lowest BCUT2D eigenvalue weighted by molar-refractivity contribution is -0.0186. The van der Waals surface area contributed by atoms with Crippen molar-refractivity contribution >= 4 is 5.91 Å². The summed E-state index contributed by atoms with van der Waals surface area (Å²) in [5.41, 5.74) is 1.45. The molecule has 0 aliphatic carbocycles. The fourth-order valence-corrected chi connectivity index (χ4v) is 2.69. The van der Waals surface area contributed by atoms with Gasteiger partial charge in [-0.25, -0.2) is 0 Å². The molecule has 1 amide bonds. The first-order valence-electron chi connectivity index (χ1n) is 7.95. The van der Waals surface area contributed by atoms with E-state index in [2.05, 4.69) is 43.2 Å². The number of hydrogen-bond acceptors (Lipinski definition) is 3. The molecule has 1 aromatic heterocycles. The average molecular weight is 293 g/mol. The number of nitrogens with one attached hydrogen (secondary N) is 2. The van der Waals surface area contributed by atoms with Crippen LogP contribution in [-0.2, 0) is 4.74 Å². The van der Waals surface area contributed by atoms with Gasteiger partial charge in [0.15, 0.2) is 0 Å². The van der Waals surface area contributed by atoms with Crippen LogP contribution in [0.15, 0.2) is 6.07 Å². The smallest absolute Gasteiger partial charge is 0.272 e. The summed E-state index contributed by atoms with van der Waals surface area (Å²) in [6.45, 7) is 9.30. The van der Waals surface area contributed by atoms with Crippen molar-refractivity contribution in [2.24, 2.45) is 5.92 Å². The van der Waals surface area contributed by atoms with E-state index in [1.54, 1.807) is 0 Å². The van der Waals surface area contributed by atoms with E-state index in [9.17, 15) is 4.79 Å². The summed E-state index contributed by atoms with van der Waals surface area (Å²) < 4.78 is 5.84. The van der Waals surface area contributed by atoms with E-state index in [-0.39, 0.29) is 18.1 Å². The molecule has 0 radical (unpaired) electrons. The highest BCUT2D eigenvalue weighted by Crippen LogP contribution is 2.21. The molecule has 2 atom stereocenters. The van der Waals surface area contributed by atoms with Crippen molar-refractivity contribution in [2.75, 3.05) is 6.61 Å². The number of rotatable bonds is 5. The Morgan fingerprint density at radius 2 is 2.24 bits per heavy atom. The lowest BCUT2D eigenvalue weighted by atomic mass is 9.94. The van der Waals surface area contributed by atoms with Gasteiger partial charge in [0.05, 0.1) is 12.1 Å². The van der Waals surface area contributed by atoms with Crippen molar-refractivity contribution in [2.45, 2.75) is 65.0 Å². The third-order valence-corrected chi connectivity index (χ3v) is 3.91. The maximum atomic E-state index is 12.3. The molecule has 1 fully saturated rings. The fraction of sp³-hybridized carbons (Fsp3) is 0.750. The minimum absolute atomic E-state index is 0.0906. The highest BCUT2D eigenvalue weighted by molar-refractivity contribution is 5.92. The van der Waals surface area contributed by atoms with Gasteiger partial charge in [-0.3, -0.25) is 9.89 Å². The van der Waals surface area contributed by atoms with Gasteiger partial charge in [0.25, 0.3) is 5.91 Å². The minimum Gasteiger partial charge on any atom is -0.376 e. The van der Waals surface area contributed by atoms with Gasteiger partial charge in [0.2, 0.25) is 0 Å². The highest BCUT2D eigenvalue weighted by atomic mass is 16.5. The van der Waals surface area contributed by atoms with Gasteiger partial charge in [-0.05, 0) is 37.2 Å². The normalized spacial score (nSPS) is 22.8. The van der Waals surface area contributed by atoms with Gasteiger partial charge in [-0.2, -0.15) is 5.10 Å². The van der Waals surface area contributed by atoms with Crippen molar-refractivity contribution in [3.63, 3.8) is 0 Å². The van der Waals surface area contributed by atoms with E-state index >= 15 is 0 Å². The lowest BCUT2D eigenvalue weighted by Crippen LogP contribution is -2.47. The molecule has 1 aliphatic rings. The van der Waals surface area contributed by atoms with Gasteiger partial charge >= 0.3 is 0 Å². The second kappa shape index (κ2) is 7.07. The third kappa shape index (κ3) is 4.30. The predicted molar refractivity (Wildman–Crippen MR) is 82.4 cm³/mol. The molecule has 0 bridgehead atoms. The second-order valence-electron chi connectivity index (χ2n) is 6.62. The summed E-state index contributed by atoms with van der Waals surface area (Å²) in [4.78, 5) is 12.3. The zero-order chi connectivity index (χ0) is 15.4. The maximum absolute atomic E-state index is 12.3. The number of hydrogen-bond donors (Lipinski definition) is 2. The molecule has 1 aliphatic heterocycles. The van der Waals surface area contributed by atoms with Crippen LogP contribution in [0.25, 0.3) is 0 Å². The van der Waals surface area contributed by atoms with Gasteiger partial charge in [-0.15, -0.1) is 0 Å². The van der Waals surface area contributed by atoms with Crippen LogP contribution in [0, 0.1) is 5.92 Å². The first-order valence-corrected chi connectivity index (χ1v) is 7.95. The Morgan fingerprint density at radius 3 is 2.86 bits per heavy atom. The summed E-state index contributed by atoms with van der Waals surface area (Å²) in [7, 11) is 0.